The number of anilines is 1. The van der Waals surface area contributed by atoms with Crippen molar-refractivity contribution in [3.63, 3.8) is 0 Å². The van der Waals surface area contributed by atoms with Crippen LogP contribution in [0.2, 0.25) is 0 Å². The third-order valence-electron chi connectivity index (χ3n) is 2.55. The quantitative estimate of drug-likeness (QED) is 0.819. The van der Waals surface area contributed by atoms with Gasteiger partial charge in [-0.25, -0.2) is 0 Å². The number of benzene rings is 2. The highest BCUT2D eigenvalue weighted by molar-refractivity contribution is 5.52. The minimum Gasteiger partial charge on any atom is -0.379 e. The maximum absolute atomic E-state index is 3.43. The Balaban J connectivity index is 1.94. The minimum atomic E-state index is 0.317. The second-order valence-electron chi connectivity index (χ2n) is 4.07. The van der Waals surface area contributed by atoms with Crippen molar-refractivity contribution in [3.8, 4) is 0 Å². The molecule has 0 saturated heterocycles. The molecule has 2 aromatic rings. The lowest BCUT2D eigenvalue weighted by Gasteiger charge is -2.10. The topological polar surface area (TPSA) is 12.0 Å². The van der Waals surface area contributed by atoms with Gasteiger partial charge in [-0.15, -0.1) is 0 Å². The molecule has 0 heterocycles. The summed E-state index contributed by atoms with van der Waals surface area (Å²) in [6, 6.07) is 20.9. The fourth-order valence-electron chi connectivity index (χ4n) is 1.66. The van der Waals surface area contributed by atoms with E-state index in [0.717, 1.165) is 5.69 Å². The Morgan fingerprint density at radius 1 is 0.882 bits per heavy atom. The van der Waals surface area contributed by atoms with E-state index in [1.165, 1.54) is 5.56 Å². The predicted octanol–water partition coefficient (Wildman–Crippen LogP) is 4.20. The first-order chi connectivity index (χ1) is 8.34. The lowest BCUT2D eigenvalue weighted by molar-refractivity contribution is 1.00. The average molecular weight is 223 g/mol. The highest BCUT2D eigenvalue weighted by Gasteiger charge is 1.95. The summed E-state index contributed by atoms with van der Waals surface area (Å²) < 4.78 is 0. The van der Waals surface area contributed by atoms with E-state index in [9.17, 15) is 0 Å². The van der Waals surface area contributed by atoms with Crippen molar-refractivity contribution in [1.29, 1.82) is 0 Å². The summed E-state index contributed by atoms with van der Waals surface area (Å²) in [7, 11) is 0. The number of rotatable bonds is 4. The second kappa shape index (κ2) is 5.90. The molecule has 0 unspecified atom stereocenters. The number of hydrogen-bond donors (Lipinski definition) is 1. The molecule has 0 amide bonds. The van der Waals surface area contributed by atoms with Gasteiger partial charge in [0.15, 0.2) is 0 Å². The summed E-state index contributed by atoms with van der Waals surface area (Å²) in [6.45, 7) is 2.15. The Hall–Kier alpha value is -2.02. The molecular weight excluding hydrogens is 206 g/mol. The zero-order valence-electron chi connectivity index (χ0n) is 10.0. The molecule has 2 rings (SSSR count). The Kier molecular flexibility index (Phi) is 3.98. The maximum atomic E-state index is 3.43. The van der Waals surface area contributed by atoms with Crippen molar-refractivity contribution in [3.05, 3.63) is 72.3 Å². The van der Waals surface area contributed by atoms with Gasteiger partial charge in [0, 0.05) is 11.7 Å². The zero-order valence-corrected chi connectivity index (χ0v) is 10.0. The van der Waals surface area contributed by atoms with Crippen LogP contribution in [0.3, 0.4) is 0 Å². The number of hydrogen-bond acceptors (Lipinski definition) is 1. The Bertz CT molecular complexity index is 459. The van der Waals surface area contributed by atoms with E-state index >= 15 is 0 Å². The van der Waals surface area contributed by atoms with Gasteiger partial charge in [-0.05, 0) is 24.6 Å². The van der Waals surface area contributed by atoms with Crippen molar-refractivity contribution >= 4 is 11.8 Å². The van der Waals surface area contributed by atoms with E-state index in [-0.39, 0.29) is 0 Å². The van der Waals surface area contributed by atoms with E-state index in [1.54, 1.807) is 0 Å². The summed E-state index contributed by atoms with van der Waals surface area (Å²) in [5, 5.41) is 3.43. The molecule has 0 bridgehead atoms. The van der Waals surface area contributed by atoms with Crippen LogP contribution in [0.1, 0.15) is 12.5 Å². The molecule has 1 nitrogen and oxygen atoms in total. The van der Waals surface area contributed by atoms with Crippen LogP contribution < -0.4 is 5.32 Å². The fourth-order valence-corrected chi connectivity index (χ4v) is 1.66. The van der Waals surface area contributed by atoms with E-state index < -0.39 is 0 Å². The van der Waals surface area contributed by atoms with E-state index in [2.05, 4.69) is 60.8 Å². The van der Waals surface area contributed by atoms with Crippen LogP contribution in [-0.4, -0.2) is 6.04 Å². The smallest absolute Gasteiger partial charge is 0.0419 e. The van der Waals surface area contributed by atoms with Gasteiger partial charge in [-0.2, -0.15) is 0 Å². The first kappa shape index (κ1) is 11.5. The largest absolute Gasteiger partial charge is 0.379 e. The van der Waals surface area contributed by atoms with Gasteiger partial charge in [0.1, 0.15) is 0 Å². The van der Waals surface area contributed by atoms with Crippen molar-refractivity contribution < 1.29 is 0 Å². The van der Waals surface area contributed by atoms with Crippen LogP contribution in [0.25, 0.3) is 6.08 Å². The maximum Gasteiger partial charge on any atom is 0.0419 e. The Labute approximate surface area is 103 Å². The molecule has 1 heteroatoms. The lowest BCUT2D eigenvalue weighted by atomic mass is 10.2. The van der Waals surface area contributed by atoms with Crippen molar-refractivity contribution in [2.24, 2.45) is 0 Å². The van der Waals surface area contributed by atoms with E-state index in [4.69, 9.17) is 0 Å². The molecule has 0 aliphatic carbocycles. The molecule has 1 atom stereocenters. The van der Waals surface area contributed by atoms with Gasteiger partial charge in [-0.3, -0.25) is 0 Å². The van der Waals surface area contributed by atoms with Crippen LogP contribution >= 0.6 is 0 Å². The molecule has 0 saturated carbocycles. The van der Waals surface area contributed by atoms with E-state index in [1.807, 2.05) is 24.3 Å². The molecule has 86 valence electrons. The summed E-state index contributed by atoms with van der Waals surface area (Å²) in [5.41, 5.74) is 2.38. The second-order valence-corrected chi connectivity index (χ2v) is 4.07. The standard InChI is InChI=1S/C16H17N/c1-14(17-16-10-6-3-7-11-16)12-13-15-8-4-2-5-9-15/h2-14,17H,1H3/b13-12+/t14-/m1/s1. The Morgan fingerprint density at radius 2 is 1.47 bits per heavy atom. The monoisotopic (exact) mass is 223 g/mol. The first-order valence-electron chi connectivity index (χ1n) is 5.89. The van der Waals surface area contributed by atoms with Crippen LogP contribution in [0.5, 0.6) is 0 Å². The molecule has 2 aromatic carbocycles. The highest BCUT2D eigenvalue weighted by Crippen LogP contribution is 2.08. The molecular formula is C16H17N. The van der Waals surface area contributed by atoms with Gasteiger partial charge in [0.2, 0.25) is 0 Å². The summed E-state index contributed by atoms with van der Waals surface area (Å²) >= 11 is 0. The summed E-state index contributed by atoms with van der Waals surface area (Å²) in [4.78, 5) is 0. The average Bonchev–Trinajstić information content (AvgIpc) is 2.39. The normalized spacial score (nSPS) is 12.5. The van der Waals surface area contributed by atoms with Crippen LogP contribution in [0.4, 0.5) is 5.69 Å². The Morgan fingerprint density at radius 3 is 2.12 bits per heavy atom. The van der Waals surface area contributed by atoms with Gasteiger partial charge < -0.3 is 5.32 Å². The highest BCUT2D eigenvalue weighted by atomic mass is 14.9. The van der Waals surface area contributed by atoms with E-state index in [0.29, 0.717) is 6.04 Å². The minimum absolute atomic E-state index is 0.317. The SMILES string of the molecule is C[C@H](/C=C/c1ccccc1)Nc1ccccc1. The summed E-state index contributed by atoms with van der Waals surface area (Å²) in [5.74, 6) is 0. The molecule has 0 aliphatic rings. The summed E-state index contributed by atoms with van der Waals surface area (Å²) in [6.07, 6.45) is 4.31. The first-order valence-corrected chi connectivity index (χ1v) is 5.89. The molecule has 0 aliphatic heterocycles. The van der Waals surface area contributed by atoms with Crippen LogP contribution in [0.15, 0.2) is 66.7 Å². The zero-order chi connectivity index (χ0) is 11.9. The van der Waals surface area contributed by atoms with Gasteiger partial charge in [-0.1, -0.05) is 60.7 Å². The van der Waals surface area contributed by atoms with Crippen LogP contribution in [0, 0.1) is 0 Å². The molecule has 0 aromatic heterocycles. The van der Waals surface area contributed by atoms with Gasteiger partial charge >= 0.3 is 0 Å². The molecule has 17 heavy (non-hydrogen) atoms. The van der Waals surface area contributed by atoms with Crippen molar-refractivity contribution in [2.45, 2.75) is 13.0 Å². The molecule has 0 spiro atoms. The van der Waals surface area contributed by atoms with Crippen molar-refractivity contribution in [1.82, 2.24) is 0 Å². The van der Waals surface area contributed by atoms with Crippen LogP contribution in [-0.2, 0) is 0 Å². The number of para-hydroxylation sites is 1. The van der Waals surface area contributed by atoms with Gasteiger partial charge in [0.25, 0.3) is 0 Å². The number of nitrogens with one attached hydrogen (secondary N) is 1. The molecule has 1 N–H and O–H groups in total. The van der Waals surface area contributed by atoms with Crippen molar-refractivity contribution in [2.75, 3.05) is 5.32 Å². The molecule has 0 radical (unpaired) electrons. The predicted molar refractivity (Wildman–Crippen MR) is 75.0 cm³/mol. The lowest BCUT2D eigenvalue weighted by Crippen LogP contribution is -2.11. The third kappa shape index (κ3) is 3.80. The third-order valence-corrected chi connectivity index (χ3v) is 2.55. The molecule has 0 fully saturated rings. The van der Waals surface area contributed by atoms with Gasteiger partial charge in [0.05, 0.1) is 0 Å². The fraction of sp³-hybridized carbons (Fsp3) is 0.125.